The topological polar surface area (TPSA) is 69.9 Å². The van der Waals surface area contributed by atoms with Gasteiger partial charge >= 0.3 is 5.97 Å². The molecule has 4 aromatic rings. The normalized spacial score (nSPS) is 15.1. The van der Waals surface area contributed by atoms with Gasteiger partial charge < -0.3 is 9.47 Å². The second-order valence-corrected chi connectivity index (χ2v) is 10.6. The van der Waals surface area contributed by atoms with Gasteiger partial charge in [0.15, 0.2) is 4.80 Å². The van der Waals surface area contributed by atoms with Gasteiger partial charge in [0.05, 0.1) is 28.5 Å². The molecule has 1 aliphatic rings. The first-order valence-corrected chi connectivity index (χ1v) is 13.8. The number of hydrogen-bond acceptors (Lipinski definition) is 6. The fraction of sp³-hybridized carbons (Fsp3) is 0.194. The third kappa shape index (κ3) is 5.75. The number of halogens is 1. The second kappa shape index (κ2) is 11.4. The molecule has 5 rings (SSSR count). The van der Waals surface area contributed by atoms with E-state index >= 15 is 0 Å². The fourth-order valence-electron chi connectivity index (χ4n) is 4.49. The van der Waals surface area contributed by atoms with E-state index in [0.29, 0.717) is 38.0 Å². The molecule has 0 saturated heterocycles. The lowest BCUT2D eigenvalue weighted by molar-refractivity contribution is -0.139. The summed E-state index contributed by atoms with van der Waals surface area (Å²) in [6.07, 6.45) is 1.83. The minimum Gasteiger partial charge on any atom is -0.489 e. The maximum atomic E-state index is 13.8. The van der Waals surface area contributed by atoms with Gasteiger partial charge in [0.1, 0.15) is 12.4 Å². The van der Waals surface area contributed by atoms with Crippen LogP contribution in [0, 0.1) is 6.92 Å². The summed E-state index contributed by atoms with van der Waals surface area (Å²) in [4.78, 5) is 32.0. The Hall–Kier alpha value is -3.94. The van der Waals surface area contributed by atoms with Crippen LogP contribution in [0.1, 0.15) is 42.1 Å². The van der Waals surface area contributed by atoms with Gasteiger partial charge in [-0.2, -0.15) is 0 Å². The third-order valence-electron chi connectivity index (χ3n) is 6.36. The highest BCUT2D eigenvalue weighted by Gasteiger charge is 2.33. The van der Waals surface area contributed by atoms with Crippen molar-refractivity contribution in [1.29, 1.82) is 0 Å². The van der Waals surface area contributed by atoms with E-state index in [4.69, 9.17) is 21.1 Å². The molecule has 198 valence electrons. The summed E-state index contributed by atoms with van der Waals surface area (Å²) in [5.41, 5.74) is 4.38. The van der Waals surface area contributed by atoms with Gasteiger partial charge in [-0.25, -0.2) is 9.79 Å². The van der Waals surface area contributed by atoms with Crippen molar-refractivity contribution in [2.45, 2.75) is 33.4 Å². The van der Waals surface area contributed by atoms with Crippen LogP contribution in [0.15, 0.2) is 93.9 Å². The number of fused-ring (bicyclic) bond motifs is 1. The number of carbonyl (C=O) groups excluding carboxylic acids is 1. The van der Waals surface area contributed by atoms with Crippen molar-refractivity contribution in [3.05, 3.63) is 131 Å². The number of rotatable bonds is 7. The van der Waals surface area contributed by atoms with Gasteiger partial charge in [-0.3, -0.25) is 9.36 Å². The second-order valence-electron chi connectivity index (χ2n) is 9.20. The molecule has 0 bridgehead atoms. The molecule has 0 radical (unpaired) electrons. The smallest absolute Gasteiger partial charge is 0.338 e. The summed E-state index contributed by atoms with van der Waals surface area (Å²) in [7, 11) is 0. The zero-order chi connectivity index (χ0) is 27.5. The van der Waals surface area contributed by atoms with Crippen LogP contribution in [-0.2, 0) is 16.1 Å². The predicted octanol–water partition coefficient (Wildman–Crippen LogP) is 5.34. The van der Waals surface area contributed by atoms with Crippen molar-refractivity contribution in [2.75, 3.05) is 6.61 Å². The van der Waals surface area contributed by atoms with E-state index in [2.05, 4.69) is 4.99 Å². The Labute approximate surface area is 235 Å². The Balaban J connectivity index is 1.54. The number of aryl methyl sites for hydroxylation is 1. The van der Waals surface area contributed by atoms with E-state index in [1.54, 1.807) is 18.4 Å². The molecular formula is C31H27ClN2O4S. The van der Waals surface area contributed by atoms with Crippen LogP contribution in [0.2, 0.25) is 5.02 Å². The van der Waals surface area contributed by atoms with Crippen LogP contribution in [-0.4, -0.2) is 17.1 Å². The van der Waals surface area contributed by atoms with Gasteiger partial charge in [0.2, 0.25) is 0 Å². The molecule has 0 N–H and O–H groups in total. The first-order valence-electron chi connectivity index (χ1n) is 12.6. The van der Waals surface area contributed by atoms with E-state index in [1.807, 2.05) is 85.8 Å². The van der Waals surface area contributed by atoms with Crippen LogP contribution in [0.4, 0.5) is 0 Å². The van der Waals surface area contributed by atoms with E-state index < -0.39 is 12.0 Å². The standard InChI is InChI=1S/C31H27ClN2O4S/c1-4-37-30(36)27-20(3)33-31-34(28(27)23-13-11-19(2)12-14-23)29(35)26(39-31)17-21-7-6-10-25(16-21)38-18-22-8-5-9-24(32)15-22/h5-17,28H,4,18H2,1-3H3/b26-17-/t28-/m0/s1. The molecule has 8 heteroatoms. The Kier molecular flexibility index (Phi) is 7.82. The van der Waals surface area contributed by atoms with Crippen molar-refractivity contribution in [3.8, 4) is 5.75 Å². The van der Waals surface area contributed by atoms with Crippen LogP contribution in [0.3, 0.4) is 0 Å². The number of hydrogen-bond donors (Lipinski definition) is 0. The van der Waals surface area contributed by atoms with Gasteiger partial charge in [-0.1, -0.05) is 77.0 Å². The van der Waals surface area contributed by atoms with E-state index in [9.17, 15) is 9.59 Å². The molecule has 39 heavy (non-hydrogen) atoms. The quantitative estimate of drug-likeness (QED) is 0.287. The maximum absolute atomic E-state index is 13.8. The minimum absolute atomic E-state index is 0.219. The summed E-state index contributed by atoms with van der Waals surface area (Å²) < 4.78 is 13.4. The summed E-state index contributed by atoms with van der Waals surface area (Å²) >= 11 is 7.37. The Morgan fingerprint density at radius 1 is 1.08 bits per heavy atom. The summed E-state index contributed by atoms with van der Waals surface area (Å²) in [6, 6.07) is 22.3. The highest BCUT2D eigenvalue weighted by Crippen LogP contribution is 2.30. The minimum atomic E-state index is -0.629. The lowest BCUT2D eigenvalue weighted by Gasteiger charge is -2.24. The van der Waals surface area contributed by atoms with Crippen LogP contribution in [0.5, 0.6) is 5.75 Å². The van der Waals surface area contributed by atoms with Crippen molar-refractivity contribution in [1.82, 2.24) is 4.57 Å². The number of nitrogens with zero attached hydrogens (tertiary/aromatic N) is 2. The number of ether oxygens (including phenoxy) is 2. The number of benzene rings is 3. The molecule has 2 heterocycles. The largest absolute Gasteiger partial charge is 0.489 e. The molecule has 0 amide bonds. The SMILES string of the molecule is CCOC(=O)C1=C(C)N=c2s/c(=C\c3cccc(OCc4cccc(Cl)c4)c3)c(=O)n2[C@H]1c1ccc(C)cc1. The van der Waals surface area contributed by atoms with Gasteiger partial charge in [0, 0.05) is 5.02 Å². The van der Waals surface area contributed by atoms with E-state index in [0.717, 1.165) is 22.3 Å². The van der Waals surface area contributed by atoms with Crippen LogP contribution >= 0.6 is 22.9 Å². The zero-order valence-corrected chi connectivity index (χ0v) is 23.4. The van der Waals surface area contributed by atoms with Crippen LogP contribution in [0.25, 0.3) is 6.08 Å². The van der Waals surface area contributed by atoms with Crippen molar-refractivity contribution in [3.63, 3.8) is 0 Å². The molecule has 0 unspecified atom stereocenters. The maximum Gasteiger partial charge on any atom is 0.338 e. The number of esters is 1. The molecular weight excluding hydrogens is 532 g/mol. The van der Waals surface area contributed by atoms with Gasteiger partial charge in [-0.05, 0) is 67.8 Å². The molecule has 0 fully saturated rings. The monoisotopic (exact) mass is 558 g/mol. The molecule has 1 atom stereocenters. The van der Waals surface area contributed by atoms with Crippen LogP contribution < -0.4 is 19.6 Å². The number of carbonyl (C=O) groups is 1. The number of aromatic nitrogens is 1. The van der Waals surface area contributed by atoms with Gasteiger partial charge in [0.25, 0.3) is 5.56 Å². The molecule has 1 aliphatic heterocycles. The van der Waals surface area contributed by atoms with E-state index in [-0.39, 0.29) is 12.2 Å². The Bertz CT molecular complexity index is 1750. The average Bonchev–Trinajstić information content (AvgIpc) is 3.21. The van der Waals surface area contributed by atoms with E-state index in [1.165, 1.54) is 11.3 Å². The first kappa shape index (κ1) is 26.7. The summed E-state index contributed by atoms with van der Waals surface area (Å²) in [5.74, 6) is 0.206. The molecule has 0 saturated carbocycles. The lowest BCUT2D eigenvalue weighted by atomic mass is 9.95. The molecule has 6 nitrogen and oxygen atoms in total. The molecule has 0 spiro atoms. The summed E-state index contributed by atoms with van der Waals surface area (Å²) in [6.45, 7) is 6.15. The first-order chi connectivity index (χ1) is 18.8. The Morgan fingerprint density at radius 2 is 1.85 bits per heavy atom. The molecule has 0 aliphatic carbocycles. The average molecular weight is 559 g/mol. The van der Waals surface area contributed by atoms with Crippen molar-refractivity contribution >= 4 is 35.0 Å². The number of allylic oxidation sites excluding steroid dienone is 1. The zero-order valence-electron chi connectivity index (χ0n) is 21.8. The third-order valence-corrected chi connectivity index (χ3v) is 7.58. The van der Waals surface area contributed by atoms with Gasteiger partial charge in [-0.15, -0.1) is 0 Å². The van der Waals surface area contributed by atoms with Crippen molar-refractivity contribution in [2.24, 2.45) is 4.99 Å². The lowest BCUT2D eigenvalue weighted by Crippen LogP contribution is -2.39. The highest BCUT2D eigenvalue weighted by atomic mass is 35.5. The highest BCUT2D eigenvalue weighted by molar-refractivity contribution is 7.07. The molecule has 3 aromatic carbocycles. The Morgan fingerprint density at radius 3 is 2.59 bits per heavy atom. The molecule has 1 aromatic heterocycles. The summed E-state index contributed by atoms with van der Waals surface area (Å²) in [5, 5.41) is 0.658. The fourth-order valence-corrected chi connectivity index (χ4v) is 5.75. The predicted molar refractivity (Wildman–Crippen MR) is 154 cm³/mol. The van der Waals surface area contributed by atoms with Crippen molar-refractivity contribution < 1.29 is 14.3 Å². The number of thiazole rings is 1.